The summed E-state index contributed by atoms with van der Waals surface area (Å²) in [5.74, 6) is -1.40. The van der Waals surface area contributed by atoms with Crippen molar-refractivity contribution in [3.63, 3.8) is 0 Å². The molecule has 2 nitrogen and oxygen atoms in total. The lowest BCUT2D eigenvalue weighted by molar-refractivity contribution is 0.358. The van der Waals surface area contributed by atoms with Gasteiger partial charge in [0, 0.05) is 0 Å². The van der Waals surface area contributed by atoms with Crippen molar-refractivity contribution in [1.82, 2.24) is 0 Å². The third kappa shape index (κ3) is 1.39. The van der Waals surface area contributed by atoms with Crippen molar-refractivity contribution in [1.29, 1.82) is 0 Å². The molecule has 1 heterocycles. The molecule has 2 rings (SSSR count). The molecule has 0 aromatic heterocycles. The van der Waals surface area contributed by atoms with Crippen LogP contribution in [0.1, 0.15) is 5.56 Å². The van der Waals surface area contributed by atoms with Gasteiger partial charge in [-0.3, -0.25) is 0 Å². The number of aliphatic imine (C=N–C) groups is 1. The number of hydrogen-bond donors (Lipinski definition) is 0. The van der Waals surface area contributed by atoms with E-state index in [1.165, 1.54) is 6.07 Å². The summed E-state index contributed by atoms with van der Waals surface area (Å²) >= 11 is 0. The van der Waals surface area contributed by atoms with Crippen molar-refractivity contribution in [3.8, 4) is 0 Å². The minimum Gasteiger partial charge on any atom is -0.475 e. The number of halogens is 2. The molecular formula is C9H5F2NO. The summed E-state index contributed by atoms with van der Waals surface area (Å²) in [4.78, 5) is 3.59. The van der Waals surface area contributed by atoms with Crippen molar-refractivity contribution in [2.24, 2.45) is 4.99 Å². The maximum absolute atomic E-state index is 13.1. The third-order valence-electron chi connectivity index (χ3n) is 1.63. The molecule has 0 saturated carbocycles. The first-order chi connectivity index (χ1) is 6.29. The smallest absolute Gasteiger partial charge is 0.223 e. The second-order valence-electron chi connectivity index (χ2n) is 2.46. The van der Waals surface area contributed by atoms with Gasteiger partial charge in [0.15, 0.2) is 6.54 Å². The van der Waals surface area contributed by atoms with Gasteiger partial charge >= 0.3 is 0 Å². The average molecular weight is 181 g/mol. The monoisotopic (exact) mass is 181 g/mol. The highest BCUT2D eigenvalue weighted by atomic mass is 19.1. The van der Waals surface area contributed by atoms with E-state index in [-0.39, 0.29) is 18.1 Å². The highest BCUT2D eigenvalue weighted by molar-refractivity contribution is 5.95. The molecule has 1 aromatic carbocycles. The fourth-order valence-electron chi connectivity index (χ4n) is 1.07. The van der Waals surface area contributed by atoms with Crippen LogP contribution >= 0.6 is 0 Å². The van der Waals surface area contributed by atoms with E-state index in [2.05, 4.69) is 11.5 Å². The fourth-order valence-corrected chi connectivity index (χ4v) is 1.07. The molecule has 0 unspecified atom stereocenters. The van der Waals surface area contributed by atoms with E-state index in [1.54, 1.807) is 0 Å². The van der Waals surface area contributed by atoms with Gasteiger partial charge in [-0.15, -0.1) is 0 Å². The molecule has 1 aliphatic heterocycles. The number of benzene rings is 1. The van der Waals surface area contributed by atoms with Crippen molar-refractivity contribution in [3.05, 3.63) is 41.9 Å². The van der Waals surface area contributed by atoms with Crippen molar-refractivity contribution in [2.75, 3.05) is 6.61 Å². The van der Waals surface area contributed by atoms with Crippen LogP contribution in [0.25, 0.3) is 0 Å². The minimum atomic E-state index is -0.678. The molecular weight excluding hydrogens is 176 g/mol. The Hall–Kier alpha value is -1.45. The minimum absolute atomic E-state index is 0.0457. The van der Waals surface area contributed by atoms with Gasteiger partial charge in [0.1, 0.15) is 23.8 Å². The van der Waals surface area contributed by atoms with Crippen LogP contribution in [-0.2, 0) is 4.74 Å². The molecule has 4 heteroatoms. The van der Waals surface area contributed by atoms with Crippen LogP contribution < -0.4 is 0 Å². The lowest BCUT2D eigenvalue weighted by atomic mass is 10.2. The van der Waals surface area contributed by atoms with Gasteiger partial charge in [-0.2, -0.15) is 0 Å². The first kappa shape index (κ1) is 8.16. The van der Waals surface area contributed by atoms with Crippen LogP contribution in [0, 0.1) is 18.2 Å². The molecule has 0 saturated heterocycles. The Morgan fingerprint density at radius 2 is 2.00 bits per heavy atom. The largest absolute Gasteiger partial charge is 0.475 e. The zero-order valence-electron chi connectivity index (χ0n) is 6.55. The van der Waals surface area contributed by atoms with E-state index in [0.29, 0.717) is 0 Å². The summed E-state index contributed by atoms with van der Waals surface area (Å²) in [6.45, 7) is 2.60. The van der Waals surface area contributed by atoms with E-state index >= 15 is 0 Å². The van der Waals surface area contributed by atoms with Crippen LogP contribution in [-0.4, -0.2) is 12.5 Å². The molecule has 66 valence electrons. The van der Waals surface area contributed by atoms with Gasteiger partial charge in [-0.05, 0) is 12.1 Å². The molecule has 0 aliphatic carbocycles. The van der Waals surface area contributed by atoms with E-state index in [1.807, 2.05) is 0 Å². The van der Waals surface area contributed by atoms with Gasteiger partial charge in [0.2, 0.25) is 5.90 Å². The Kier molecular flexibility index (Phi) is 1.96. The van der Waals surface area contributed by atoms with Crippen LogP contribution in [0.2, 0.25) is 0 Å². The lowest BCUT2D eigenvalue weighted by Crippen LogP contribution is -2.06. The third-order valence-corrected chi connectivity index (χ3v) is 1.63. The maximum atomic E-state index is 13.1. The number of hydrogen-bond acceptors (Lipinski definition) is 2. The predicted octanol–water partition coefficient (Wildman–Crippen LogP) is 1.78. The zero-order chi connectivity index (χ0) is 9.26. The van der Waals surface area contributed by atoms with E-state index in [4.69, 9.17) is 4.74 Å². The summed E-state index contributed by atoms with van der Waals surface area (Å²) in [5.41, 5.74) is -0.229. The first-order valence-corrected chi connectivity index (χ1v) is 3.67. The molecule has 0 atom stereocenters. The Morgan fingerprint density at radius 1 is 1.31 bits per heavy atom. The number of rotatable bonds is 1. The number of nitrogens with zero attached hydrogens (tertiary/aromatic N) is 1. The Bertz CT molecular complexity index is 342. The quantitative estimate of drug-likeness (QED) is 0.647. The first-order valence-electron chi connectivity index (χ1n) is 3.67. The highest BCUT2D eigenvalue weighted by Gasteiger charge is 2.19. The van der Waals surface area contributed by atoms with Gasteiger partial charge in [-0.1, -0.05) is 6.07 Å². The molecule has 0 amide bonds. The lowest BCUT2D eigenvalue weighted by Gasteiger charge is -2.03. The Morgan fingerprint density at radius 3 is 2.54 bits per heavy atom. The fraction of sp³-hybridized carbons (Fsp3) is 0.111. The second kappa shape index (κ2) is 3.12. The molecule has 1 aliphatic rings. The standard InChI is InChI=1S/C9H5F2NO/c10-6-2-1-3-7(11)8(6)9-12-4-5-13-9/h1-3H,5H2. The average Bonchev–Trinajstić information content (AvgIpc) is 2.57. The van der Waals surface area contributed by atoms with Gasteiger partial charge in [0.25, 0.3) is 0 Å². The van der Waals surface area contributed by atoms with Gasteiger partial charge < -0.3 is 4.74 Å². The van der Waals surface area contributed by atoms with E-state index < -0.39 is 11.6 Å². The molecule has 0 bridgehead atoms. The van der Waals surface area contributed by atoms with Crippen molar-refractivity contribution in [2.45, 2.75) is 0 Å². The van der Waals surface area contributed by atoms with Gasteiger partial charge in [-0.25, -0.2) is 13.8 Å². The molecule has 1 aromatic rings. The van der Waals surface area contributed by atoms with E-state index in [9.17, 15) is 8.78 Å². The summed E-state index contributed by atoms with van der Waals surface area (Å²) in [5, 5.41) is 0. The normalized spacial score (nSPS) is 15.4. The summed E-state index contributed by atoms with van der Waals surface area (Å²) < 4.78 is 31.0. The molecule has 0 spiro atoms. The molecule has 13 heavy (non-hydrogen) atoms. The molecule has 0 N–H and O–H groups in total. The van der Waals surface area contributed by atoms with Gasteiger partial charge in [0.05, 0.1) is 0 Å². The zero-order valence-corrected chi connectivity index (χ0v) is 6.55. The SMILES string of the molecule is Fc1cccc(F)c1C1=N[C]CO1. The van der Waals surface area contributed by atoms with Crippen LogP contribution in [0.3, 0.4) is 0 Å². The maximum Gasteiger partial charge on any atom is 0.223 e. The highest BCUT2D eigenvalue weighted by Crippen LogP contribution is 2.16. The van der Waals surface area contributed by atoms with Crippen LogP contribution in [0.4, 0.5) is 8.78 Å². The topological polar surface area (TPSA) is 21.6 Å². The number of ether oxygens (including phenoxy) is 1. The van der Waals surface area contributed by atoms with Crippen LogP contribution in [0.5, 0.6) is 0 Å². The second-order valence-corrected chi connectivity index (χ2v) is 2.46. The van der Waals surface area contributed by atoms with Crippen LogP contribution in [0.15, 0.2) is 23.2 Å². The van der Waals surface area contributed by atoms with Crippen molar-refractivity contribution < 1.29 is 13.5 Å². The molecule has 0 fully saturated rings. The summed E-state index contributed by atoms with van der Waals surface area (Å²) in [7, 11) is 0. The van der Waals surface area contributed by atoms with E-state index in [0.717, 1.165) is 12.1 Å². The Labute approximate surface area is 73.9 Å². The summed E-state index contributed by atoms with van der Waals surface area (Å²) in [6, 6.07) is 3.60. The summed E-state index contributed by atoms with van der Waals surface area (Å²) in [6.07, 6.45) is 0. The Balaban J connectivity index is 2.49. The predicted molar refractivity (Wildman–Crippen MR) is 42.1 cm³/mol. The van der Waals surface area contributed by atoms with Crippen molar-refractivity contribution >= 4 is 5.90 Å². The molecule has 2 radical (unpaired) electrons.